The summed E-state index contributed by atoms with van der Waals surface area (Å²) in [5, 5.41) is 41.8. The minimum atomic E-state index is -1.60. The standard InChI is InChI=1S/C22H26N4O9/c23-9-13-15(28)18(31)21(34-13)33-12(5-4-10-2-1-3-11(24)8-10)19-16(29)17(30)20(35-19)26-7-6-14(27)25-22(26)32/h1-3,6-8,12-13,15-21,28-31H,9,23-24H2,(H,25,27,32)/t12-,13+,15+,16-,17+,18+,19+,20+,21+/m0/s1. The zero-order valence-corrected chi connectivity index (χ0v) is 18.3. The number of nitrogens with zero attached hydrogens (tertiary/aromatic N) is 1. The number of aliphatic hydroxyl groups is 4. The number of anilines is 1. The number of aliphatic hydroxyl groups excluding tert-OH is 4. The Morgan fingerprint density at radius 2 is 1.86 bits per heavy atom. The zero-order chi connectivity index (χ0) is 25.3. The molecule has 0 bridgehead atoms. The molecular formula is C22H26N4O9. The summed E-state index contributed by atoms with van der Waals surface area (Å²) in [7, 11) is 0. The molecule has 4 rings (SSSR count). The molecule has 35 heavy (non-hydrogen) atoms. The lowest BCUT2D eigenvalue weighted by Gasteiger charge is -2.26. The first-order valence-electron chi connectivity index (χ1n) is 10.8. The van der Waals surface area contributed by atoms with Crippen LogP contribution >= 0.6 is 0 Å². The van der Waals surface area contributed by atoms with Gasteiger partial charge in [0.25, 0.3) is 5.56 Å². The fraction of sp³-hybridized carbons (Fsp3) is 0.455. The summed E-state index contributed by atoms with van der Waals surface area (Å²) >= 11 is 0. The highest BCUT2D eigenvalue weighted by atomic mass is 16.7. The van der Waals surface area contributed by atoms with Crippen LogP contribution in [0.4, 0.5) is 5.69 Å². The summed E-state index contributed by atoms with van der Waals surface area (Å²) < 4.78 is 17.9. The molecule has 2 aliphatic heterocycles. The van der Waals surface area contributed by atoms with Crippen molar-refractivity contribution in [3.05, 3.63) is 62.9 Å². The average molecular weight is 490 g/mol. The van der Waals surface area contributed by atoms with Crippen LogP contribution in [0.25, 0.3) is 0 Å². The van der Waals surface area contributed by atoms with Gasteiger partial charge in [-0.15, -0.1) is 0 Å². The number of hydrogen-bond acceptors (Lipinski definition) is 11. The van der Waals surface area contributed by atoms with Crippen LogP contribution in [0.5, 0.6) is 0 Å². The Kier molecular flexibility index (Phi) is 7.36. The van der Waals surface area contributed by atoms with Crippen molar-refractivity contribution >= 4 is 5.69 Å². The lowest BCUT2D eigenvalue weighted by atomic mass is 10.0. The van der Waals surface area contributed by atoms with Crippen molar-refractivity contribution in [3.63, 3.8) is 0 Å². The van der Waals surface area contributed by atoms with Gasteiger partial charge in [0.2, 0.25) is 0 Å². The average Bonchev–Trinajstić information content (AvgIpc) is 3.27. The summed E-state index contributed by atoms with van der Waals surface area (Å²) in [4.78, 5) is 25.6. The molecule has 188 valence electrons. The van der Waals surface area contributed by atoms with E-state index in [1.807, 2.05) is 4.98 Å². The second-order valence-corrected chi connectivity index (χ2v) is 8.20. The number of nitrogen functional groups attached to an aromatic ring is 1. The fourth-order valence-corrected chi connectivity index (χ4v) is 3.92. The third-order valence-electron chi connectivity index (χ3n) is 5.78. The predicted molar refractivity (Wildman–Crippen MR) is 120 cm³/mol. The first-order valence-corrected chi connectivity index (χ1v) is 10.8. The molecule has 2 saturated heterocycles. The number of aromatic nitrogens is 2. The van der Waals surface area contributed by atoms with Crippen LogP contribution in [0.15, 0.2) is 46.1 Å². The van der Waals surface area contributed by atoms with Gasteiger partial charge in [-0.1, -0.05) is 17.9 Å². The minimum Gasteiger partial charge on any atom is -0.399 e. The molecule has 13 nitrogen and oxygen atoms in total. The van der Waals surface area contributed by atoms with E-state index < -0.39 is 66.5 Å². The van der Waals surface area contributed by atoms with Crippen LogP contribution in [0.3, 0.4) is 0 Å². The number of benzene rings is 1. The molecule has 1 aromatic heterocycles. The number of ether oxygens (including phenoxy) is 3. The summed E-state index contributed by atoms with van der Waals surface area (Å²) in [6.07, 6.45) is -11.2. The van der Waals surface area contributed by atoms with Gasteiger partial charge < -0.3 is 46.1 Å². The normalized spacial score (nSPS) is 33.3. The lowest BCUT2D eigenvalue weighted by Crippen LogP contribution is -2.43. The molecule has 3 heterocycles. The third-order valence-corrected chi connectivity index (χ3v) is 5.78. The van der Waals surface area contributed by atoms with Crippen molar-refractivity contribution in [2.45, 2.75) is 55.2 Å². The SMILES string of the molecule is NC[C@H]1O[C@@H](O[C@@H](C#Cc2cccc(N)c2)[C@H]2O[C@@H](n3ccc(=O)[nH]c3=O)[C@H](O)[C@@H]2O)[C@H](O)[C@@H]1O. The Balaban J connectivity index is 1.65. The topological polar surface area (TPSA) is 216 Å². The number of rotatable bonds is 5. The van der Waals surface area contributed by atoms with E-state index in [0.29, 0.717) is 11.3 Å². The maximum atomic E-state index is 12.2. The summed E-state index contributed by atoms with van der Waals surface area (Å²) in [6, 6.07) is 7.69. The van der Waals surface area contributed by atoms with Crippen LogP contribution < -0.4 is 22.7 Å². The first kappa shape index (κ1) is 25.0. The second kappa shape index (κ2) is 10.3. The zero-order valence-electron chi connectivity index (χ0n) is 18.3. The van der Waals surface area contributed by atoms with Gasteiger partial charge in [0.05, 0.1) is 0 Å². The van der Waals surface area contributed by atoms with E-state index in [1.54, 1.807) is 24.3 Å². The Labute approximate surface area is 198 Å². The van der Waals surface area contributed by atoms with E-state index >= 15 is 0 Å². The van der Waals surface area contributed by atoms with Gasteiger partial charge >= 0.3 is 5.69 Å². The van der Waals surface area contributed by atoms with Crippen molar-refractivity contribution in [2.24, 2.45) is 5.73 Å². The maximum absolute atomic E-state index is 12.2. The number of nitrogens with two attached hydrogens (primary N) is 2. The number of H-pyrrole nitrogens is 1. The number of aromatic amines is 1. The quantitative estimate of drug-likeness (QED) is 0.162. The van der Waals surface area contributed by atoms with E-state index in [-0.39, 0.29) is 6.54 Å². The van der Waals surface area contributed by atoms with Gasteiger partial charge in [-0.25, -0.2) is 4.79 Å². The van der Waals surface area contributed by atoms with E-state index in [0.717, 1.165) is 16.8 Å². The Morgan fingerprint density at radius 3 is 2.51 bits per heavy atom. The summed E-state index contributed by atoms with van der Waals surface area (Å²) in [5.74, 6) is 5.60. The molecule has 2 fully saturated rings. The molecule has 1 aromatic carbocycles. The molecule has 9 atom stereocenters. The largest absolute Gasteiger partial charge is 0.399 e. The smallest absolute Gasteiger partial charge is 0.330 e. The first-order chi connectivity index (χ1) is 16.7. The Bertz CT molecular complexity index is 1220. The molecule has 0 amide bonds. The van der Waals surface area contributed by atoms with Crippen molar-refractivity contribution in [1.82, 2.24) is 9.55 Å². The highest BCUT2D eigenvalue weighted by molar-refractivity contribution is 5.47. The molecule has 0 radical (unpaired) electrons. The lowest BCUT2D eigenvalue weighted by molar-refractivity contribution is -0.205. The monoisotopic (exact) mass is 490 g/mol. The van der Waals surface area contributed by atoms with Crippen LogP contribution in [0.2, 0.25) is 0 Å². The highest BCUT2D eigenvalue weighted by Crippen LogP contribution is 2.33. The fourth-order valence-electron chi connectivity index (χ4n) is 3.92. The second-order valence-electron chi connectivity index (χ2n) is 8.20. The van der Waals surface area contributed by atoms with Gasteiger partial charge in [0, 0.05) is 30.1 Å². The minimum absolute atomic E-state index is 0.0871. The van der Waals surface area contributed by atoms with Crippen molar-refractivity contribution in [1.29, 1.82) is 0 Å². The van der Waals surface area contributed by atoms with E-state index in [4.69, 9.17) is 25.7 Å². The Morgan fingerprint density at radius 1 is 1.09 bits per heavy atom. The Hall–Kier alpha value is -3.06. The van der Waals surface area contributed by atoms with Gasteiger partial charge in [-0.05, 0) is 18.2 Å². The third kappa shape index (κ3) is 5.15. The molecule has 13 heteroatoms. The van der Waals surface area contributed by atoms with E-state index in [2.05, 4.69) is 11.8 Å². The van der Waals surface area contributed by atoms with Gasteiger partial charge in [0.1, 0.15) is 36.6 Å². The van der Waals surface area contributed by atoms with Crippen molar-refractivity contribution < 1.29 is 34.6 Å². The van der Waals surface area contributed by atoms with Crippen LogP contribution in [-0.4, -0.2) is 85.5 Å². The van der Waals surface area contributed by atoms with E-state index in [1.165, 1.54) is 0 Å². The molecule has 0 unspecified atom stereocenters. The van der Waals surface area contributed by atoms with Gasteiger partial charge in [-0.2, -0.15) is 0 Å². The molecule has 9 N–H and O–H groups in total. The van der Waals surface area contributed by atoms with Crippen LogP contribution in [-0.2, 0) is 14.2 Å². The van der Waals surface area contributed by atoms with Crippen LogP contribution in [0.1, 0.15) is 11.8 Å². The molecule has 2 aliphatic rings. The number of nitrogens with one attached hydrogen (secondary N) is 1. The van der Waals surface area contributed by atoms with E-state index in [9.17, 15) is 30.0 Å². The molecule has 0 saturated carbocycles. The van der Waals surface area contributed by atoms with Gasteiger partial charge in [-0.3, -0.25) is 14.3 Å². The van der Waals surface area contributed by atoms with Crippen LogP contribution in [0, 0.1) is 11.8 Å². The van der Waals surface area contributed by atoms with Crippen molar-refractivity contribution in [3.8, 4) is 11.8 Å². The molecule has 0 aliphatic carbocycles. The maximum Gasteiger partial charge on any atom is 0.330 e. The molecular weight excluding hydrogens is 464 g/mol. The predicted octanol–water partition coefficient (Wildman–Crippen LogP) is -3.42. The summed E-state index contributed by atoms with van der Waals surface area (Å²) in [5.41, 5.74) is 10.8. The summed E-state index contributed by atoms with van der Waals surface area (Å²) in [6.45, 7) is -0.0871. The van der Waals surface area contributed by atoms with Crippen molar-refractivity contribution in [2.75, 3.05) is 12.3 Å². The molecule has 2 aromatic rings. The number of hydrogen-bond donors (Lipinski definition) is 7. The van der Waals surface area contributed by atoms with Gasteiger partial charge in [0.15, 0.2) is 18.6 Å². The molecule has 0 spiro atoms. The highest BCUT2D eigenvalue weighted by Gasteiger charge is 2.50.